The number of anilines is 2. The van der Waals surface area contributed by atoms with Gasteiger partial charge < -0.3 is 19.9 Å². The third-order valence-corrected chi connectivity index (χ3v) is 6.61. The van der Waals surface area contributed by atoms with E-state index >= 15 is 0 Å². The summed E-state index contributed by atoms with van der Waals surface area (Å²) in [5, 5.41) is 14.6. The van der Waals surface area contributed by atoms with Gasteiger partial charge in [-0.1, -0.05) is 6.07 Å². The molecule has 0 radical (unpaired) electrons. The first-order valence-electron chi connectivity index (χ1n) is 13.1. The Morgan fingerprint density at radius 3 is 2.70 bits per heavy atom. The molecular formula is C28H31N9O3. The van der Waals surface area contributed by atoms with Crippen LogP contribution < -0.4 is 15.4 Å². The summed E-state index contributed by atoms with van der Waals surface area (Å²) in [5.74, 6) is 0.657. The van der Waals surface area contributed by atoms with Crippen LogP contribution in [0.2, 0.25) is 0 Å². The number of nitrogens with one attached hydrogen (secondary N) is 2. The molecule has 1 saturated heterocycles. The van der Waals surface area contributed by atoms with Gasteiger partial charge in [-0.2, -0.15) is 15.0 Å². The number of carbonyl (C=O) groups is 2. The van der Waals surface area contributed by atoms with Crippen molar-refractivity contribution in [3.63, 3.8) is 0 Å². The number of benzene rings is 2. The van der Waals surface area contributed by atoms with Crippen molar-refractivity contribution in [1.82, 2.24) is 40.1 Å². The zero-order chi connectivity index (χ0) is 27.7. The van der Waals surface area contributed by atoms with Crippen LogP contribution in [0, 0.1) is 0 Å². The summed E-state index contributed by atoms with van der Waals surface area (Å²) in [6.07, 6.45) is 8.87. The molecule has 2 N–H and O–H groups in total. The Kier molecular flexibility index (Phi) is 8.69. The molecule has 0 saturated carbocycles. The highest BCUT2D eigenvalue weighted by Gasteiger charge is 2.14. The fraction of sp³-hybridized carbons (Fsp3) is 0.286. The molecule has 40 heavy (non-hydrogen) atoms. The number of piperazine rings is 1. The van der Waals surface area contributed by atoms with Crippen molar-refractivity contribution in [2.24, 2.45) is 0 Å². The molecular weight excluding hydrogens is 510 g/mol. The first-order chi connectivity index (χ1) is 19.6. The van der Waals surface area contributed by atoms with Gasteiger partial charge in [0.05, 0.1) is 30.2 Å². The lowest BCUT2D eigenvalue weighted by Gasteiger charge is -2.32. The normalized spacial score (nSPS) is 14.4. The van der Waals surface area contributed by atoms with Crippen molar-refractivity contribution in [2.75, 3.05) is 51.7 Å². The summed E-state index contributed by atoms with van der Waals surface area (Å²) in [7, 11) is 2.14. The Balaban J connectivity index is 1.37. The molecule has 12 heteroatoms. The minimum atomic E-state index is -0.525. The van der Waals surface area contributed by atoms with Gasteiger partial charge in [-0.3, -0.25) is 14.9 Å². The van der Waals surface area contributed by atoms with Gasteiger partial charge in [0.15, 0.2) is 0 Å². The van der Waals surface area contributed by atoms with E-state index in [1.165, 1.54) is 17.2 Å². The Hall–Kier alpha value is -4.68. The number of hydrogen-bond acceptors (Lipinski definition) is 10. The van der Waals surface area contributed by atoms with Gasteiger partial charge >= 0.3 is 0 Å². The topological polar surface area (TPSA) is 130 Å². The SMILES string of the molecule is CN1CCN(CCCOc2cc3ncnc(Nc4cccc(-n5nccn5)c4)c3cc2C=CC(=O)NC=O)CC1. The molecule has 1 fully saturated rings. The Morgan fingerprint density at radius 2 is 1.90 bits per heavy atom. The molecule has 2 aromatic carbocycles. The number of rotatable bonds is 11. The van der Waals surface area contributed by atoms with Crippen molar-refractivity contribution >= 4 is 40.8 Å². The summed E-state index contributed by atoms with van der Waals surface area (Å²) in [6.45, 7) is 5.73. The zero-order valence-electron chi connectivity index (χ0n) is 22.2. The maximum Gasteiger partial charge on any atom is 0.250 e. The molecule has 0 bridgehead atoms. The molecule has 4 aromatic rings. The standard InChI is InChI=1S/C28H31N9O3/c1-35-11-13-36(14-12-35)10-3-15-40-26-18-25-24(16-21(26)6-7-27(39)31-20-38)28(30-19-29-25)34-22-4-2-5-23(17-22)37-32-8-9-33-37/h2,4-9,16-20H,3,10-15H2,1H3,(H,29,30,34)(H,31,38,39). The number of hydrogen-bond donors (Lipinski definition) is 2. The molecule has 5 rings (SSSR count). The van der Waals surface area contributed by atoms with E-state index < -0.39 is 5.91 Å². The summed E-state index contributed by atoms with van der Waals surface area (Å²) >= 11 is 0. The lowest BCUT2D eigenvalue weighted by Crippen LogP contribution is -2.44. The third-order valence-electron chi connectivity index (χ3n) is 6.61. The monoisotopic (exact) mass is 541 g/mol. The first-order valence-corrected chi connectivity index (χ1v) is 13.1. The Bertz CT molecular complexity index is 1480. The van der Waals surface area contributed by atoms with Crippen molar-refractivity contribution in [3.8, 4) is 11.4 Å². The lowest BCUT2D eigenvalue weighted by molar-refractivity contribution is -0.121. The summed E-state index contributed by atoms with van der Waals surface area (Å²) in [4.78, 5) is 37.9. The molecule has 3 heterocycles. The van der Waals surface area contributed by atoms with Gasteiger partial charge in [0.1, 0.15) is 17.9 Å². The van der Waals surface area contributed by atoms with Crippen LogP contribution in [0.1, 0.15) is 12.0 Å². The quantitative estimate of drug-likeness (QED) is 0.166. The largest absolute Gasteiger partial charge is 0.493 e. The predicted molar refractivity (Wildman–Crippen MR) is 151 cm³/mol. The van der Waals surface area contributed by atoms with Crippen LogP contribution in [0.15, 0.2) is 61.2 Å². The fourth-order valence-corrected chi connectivity index (χ4v) is 4.46. The van der Waals surface area contributed by atoms with Crippen LogP contribution in [0.25, 0.3) is 22.7 Å². The zero-order valence-corrected chi connectivity index (χ0v) is 22.2. The smallest absolute Gasteiger partial charge is 0.250 e. The molecule has 206 valence electrons. The van der Waals surface area contributed by atoms with Crippen molar-refractivity contribution in [2.45, 2.75) is 6.42 Å². The number of fused-ring (bicyclic) bond motifs is 1. The molecule has 0 unspecified atom stereocenters. The summed E-state index contributed by atoms with van der Waals surface area (Å²) in [6, 6.07) is 11.4. The summed E-state index contributed by atoms with van der Waals surface area (Å²) < 4.78 is 6.18. The van der Waals surface area contributed by atoms with E-state index in [0.717, 1.165) is 55.9 Å². The number of nitrogens with zero attached hydrogens (tertiary/aromatic N) is 7. The van der Waals surface area contributed by atoms with E-state index in [0.29, 0.717) is 35.7 Å². The van der Waals surface area contributed by atoms with Gasteiger partial charge in [0.2, 0.25) is 12.3 Å². The average molecular weight is 542 g/mol. The van der Waals surface area contributed by atoms with E-state index in [1.54, 1.807) is 18.5 Å². The van der Waals surface area contributed by atoms with E-state index in [1.807, 2.05) is 36.4 Å². The Morgan fingerprint density at radius 1 is 1.07 bits per heavy atom. The molecule has 2 aromatic heterocycles. The number of carbonyl (C=O) groups excluding carboxylic acids is 2. The maximum absolute atomic E-state index is 12.0. The second-order valence-corrected chi connectivity index (χ2v) is 9.43. The molecule has 0 atom stereocenters. The highest BCUT2D eigenvalue weighted by molar-refractivity contribution is 5.99. The van der Waals surface area contributed by atoms with E-state index in [4.69, 9.17) is 4.74 Å². The summed E-state index contributed by atoms with van der Waals surface area (Å²) in [5.41, 5.74) is 2.94. The number of likely N-dealkylation sites (N-methyl/N-ethyl adjacent to an activating group) is 1. The minimum Gasteiger partial charge on any atom is -0.493 e. The fourth-order valence-electron chi connectivity index (χ4n) is 4.46. The second-order valence-electron chi connectivity index (χ2n) is 9.43. The van der Waals surface area contributed by atoms with Crippen molar-refractivity contribution < 1.29 is 14.3 Å². The third kappa shape index (κ3) is 6.84. The Labute approximate surface area is 231 Å². The van der Waals surface area contributed by atoms with Gasteiger partial charge in [0.25, 0.3) is 0 Å². The molecule has 0 aliphatic carbocycles. The molecule has 1 aliphatic heterocycles. The van der Waals surface area contributed by atoms with Crippen molar-refractivity contribution in [1.29, 1.82) is 0 Å². The van der Waals surface area contributed by atoms with Crippen LogP contribution in [-0.2, 0) is 9.59 Å². The van der Waals surface area contributed by atoms with Crippen LogP contribution in [0.4, 0.5) is 11.5 Å². The van der Waals surface area contributed by atoms with Crippen LogP contribution in [0.3, 0.4) is 0 Å². The second kappa shape index (κ2) is 12.9. The van der Waals surface area contributed by atoms with Crippen LogP contribution >= 0.6 is 0 Å². The van der Waals surface area contributed by atoms with E-state index in [2.05, 4.69) is 47.6 Å². The number of aromatic nitrogens is 5. The number of ether oxygens (including phenoxy) is 1. The number of imide groups is 1. The highest BCUT2D eigenvalue weighted by atomic mass is 16.5. The predicted octanol–water partition coefficient (Wildman–Crippen LogP) is 2.26. The highest BCUT2D eigenvalue weighted by Crippen LogP contribution is 2.31. The van der Waals surface area contributed by atoms with E-state index in [-0.39, 0.29) is 0 Å². The minimum absolute atomic E-state index is 0.353. The van der Waals surface area contributed by atoms with Crippen molar-refractivity contribution in [3.05, 3.63) is 66.8 Å². The molecule has 12 nitrogen and oxygen atoms in total. The molecule has 0 spiro atoms. The molecule has 2 amide bonds. The van der Waals surface area contributed by atoms with E-state index in [9.17, 15) is 9.59 Å². The number of amides is 2. The molecule has 1 aliphatic rings. The van der Waals surface area contributed by atoms with Gasteiger partial charge in [-0.25, -0.2) is 9.97 Å². The first kappa shape index (κ1) is 26.9. The van der Waals surface area contributed by atoms with Gasteiger partial charge in [-0.15, -0.1) is 0 Å². The van der Waals surface area contributed by atoms with Crippen LogP contribution in [-0.4, -0.2) is 93.5 Å². The maximum atomic E-state index is 12.0. The van der Waals surface area contributed by atoms with Gasteiger partial charge in [-0.05, 0) is 43.8 Å². The van der Waals surface area contributed by atoms with Gasteiger partial charge in [0, 0.05) is 61.5 Å². The average Bonchev–Trinajstić information content (AvgIpc) is 3.51. The van der Waals surface area contributed by atoms with Crippen LogP contribution in [0.5, 0.6) is 5.75 Å². The lowest BCUT2D eigenvalue weighted by atomic mass is 10.1.